The Bertz CT molecular complexity index is 705. The van der Waals surface area contributed by atoms with E-state index in [9.17, 15) is 13.2 Å². The van der Waals surface area contributed by atoms with Crippen molar-refractivity contribution in [2.24, 2.45) is 4.99 Å². The minimum atomic E-state index is -2.97. The number of carbonyl (C=O) groups excluding carboxylic acids is 1. The van der Waals surface area contributed by atoms with Gasteiger partial charge in [-0.05, 0) is 44.0 Å². The summed E-state index contributed by atoms with van der Waals surface area (Å²) < 4.78 is 22.4. The number of nitrogens with one attached hydrogen (secondary N) is 3. The molecule has 0 aliphatic rings. The van der Waals surface area contributed by atoms with Crippen LogP contribution in [0.15, 0.2) is 29.3 Å². The molecule has 1 atom stereocenters. The summed E-state index contributed by atoms with van der Waals surface area (Å²) >= 11 is 5.80. The van der Waals surface area contributed by atoms with Crippen LogP contribution in [0.5, 0.6) is 0 Å². The number of hydrogen-bond acceptors (Lipinski definition) is 4. The average molecular weight is 403 g/mol. The third-order valence-corrected chi connectivity index (χ3v) is 4.76. The monoisotopic (exact) mass is 402 g/mol. The highest BCUT2D eigenvalue weighted by molar-refractivity contribution is 7.90. The predicted octanol–water partition coefficient (Wildman–Crippen LogP) is 2.05. The minimum absolute atomic E-state index is 0.0240. The molecule has 0 heterocycles. The average Bonchev–Trinajstić information content (AvgIpc) is 2.57. The van der Waals surface area contributed by atoms with E-state index in [1.54, 1.807) is 31.3 Å². The second-order valence-electron chi connectivity index (χ2n) is 6.12. The topological polar surface area (TPSA) is 99.7 Å². The highest BCUT2D eigenvalue weighted by atomic mass is 35.5. The van der Waals surface area contributed by atoms with Crippen LogP contribution in [0, 0.1) is 0 Å². The molecule has 0 aromatic heterocycles. The molecular formula is C17H27ClN4O3S. The van der Waals surface area contributed by atoms with Gasteiger partial charge in [0, 0.05) is 43.0 Å². The summed E-state index contributed by atoms with van der Waals surface area (Å²) in [6.45, 7) is 2.48. The molecular weight excluding hydrogens is 376 g/mol. The number of aliphatic imine (C=N–C) groups is 1. The quantitative estimate of drug-likeness (QED) is 0.333. The molecule has 1 rings (SSSR count). The maximum Gasteiger partial charge on any atom is 0.224 e. The number of anilines is 1. The first-order valence-electron chi connectivity index (χ1n) is 8.40. The molecule has 0 saturated heterocycles. The number of rotatable bonds is 9. The Kier molecular flexibility index (Phi) is 9.43. The number of hydrogen-bond donors (Lipinski definition) is 3. The lowest BCUT2D eigenvalue weighted by Crippen LogP contribution is -2.43. The molecule has 1 aromatic carbocycles. The van der Waals surface area contributed by atoms with Crippen LogP contribution in [0.4, 0.5) is 5.69 Å². The number of nitrogens with zero attached hydrogens (tertiary/aromatic N) is 1. The Morgan fingerprint density at radius 3 is 2.50 bits per heavy atom. The summed E-state index contributed by atoms with van der Waals surface area (Å²) in [5, 5.41) is 9.68. The van der Waals surface area contributed by atoms with Gasteiger partial charge in [0.05, 0.1) is 5.75 Å². The highest BCUT2D eigenvalue weighted by Crippen LogP contribution is 2.13. The fourth-order valence-electron chi connectivity index (χ4n) is 2.10. The molecule has 3 N–H and O–H groups in total. The van der Waals surface area contributed by atoms with Crippen molar-refractivity contribution < 1.29 is 13.2 Å². The molecule has 0 spiro atoms. The first-order chi connectivity index (χ1) is 12.2. The zero-order valence-corrected chi connectivity index (χ0v) is 17.0. The molecule has 1 aromatic rings. The minimum Gasteiger partial charge on any atom is -0.356 e. The van der Waals surface area contributed by atoms with Crippen molar-refractivity contribution >= 4 is 39.0 Å². The third-order valence-electron chi connectivity index (χ3n) is 3.53. The van der Waals surface area contributed by atoms with E-state index in [4.69, 9.17) is 11.6 Å². The predicted molar refractivity (Wildman–Crippen MR) is 108 cm³/mol. The molecule has 9 heteroatoms. The zero-order chi connectivity index (χ0) is 19.6. The van der Waals surface area contributed by atoms with E-state index < -0.39 is 9.84 Å². The van der Waals surface area contributed by atoms with Crippen LogP contribution in [-0.2, 0) is 14.6 Å². The van der Waals surface area contributed by atoms with Gasteiger partial charge in [-0.25, -0.2) is 8.42 Å². The SMILES string of the molecule is CN=C(NCCCC(=O)Nc1ccc(Cl)cc1)NC(C)CCS(C)(=O)=O. The van der Waals surface area contributed by atoms with Crippen LogP contribution in [-0.4, -0.2) is 51.9 Å². The van der Waals surface area contributed by atoms with E-state index in [1.165, 1.54) is 6.26 Å². The molecule has 0 aliphatic heterocycles. The summed E-state index contributed by atoms with van der Waals surface area (Å²) in [7, 11) is -1.33. The van der Waals surface area contributed by atoms with Crippen LogP contribution < -0.4 is 16.0 Å². The Hall–Kier alpha value is -1.80. The van der Waals surface area contributed by atoms with E-state index in [-0.39, 0.29) is 17.7 Å². The lowest BCUT2D eigenvalue weighted by atomic mass is 10.2. The largest absolute Gasteiger partial charge is 0.356 e. The van der Waals surface area contributed by atoms with Gasteiger partial charge in [0.15, 0.2) is 5.96 Å². The summed E-state index contributed by atoms with van der Waals surface area (Å²) in [4.78, 5) is 16.0. The van der Waals surface area contributed by atoms with Crippen molar-refractivity contribution in [2.45, 2.75) is 32.2 Å². The van der Waals surface area contributed by atoms with Gasteiger partial charge in [-0.3, -0.25) is 9.79 Å². The van der Waals surface area contributed by atoms with Crippen LogP contribution in [0.1, 0.15) is 26.2 Å². The normalized spacial score (nSPS) is 13.2. The zero-order valence-electron chi connectivity index (χ0n) is 15.4. The van der Waals surface area contributed by atoms with E-state index in [2.05, 4.69) is 20.9 Å². The van der Waals surface area contributed by atoms with Gasteiger partial charge in [-0.1, -0.05) is 11.6 Å². The van der Waals surface area contributed by atoms with Gasteiger partial charge < -0.3 is 16.0 Å². The second kappa shape index (κ2) is 11.0. The molecule has 0 fully saturated rings. The van der Waals surface area contributed by atoms with E-state index in [1.807, 2.05) is 6.92 Å². The van der Waals surface area contributed by atoms with Gasteiger partial charge in [0.1, 0.15) is 9.84 Å². The van der Waals surface area contributed by atoms with Crippen molar-refractivity contribution in [3.05, 3.63) is 29.3 Å². The van der Waals surface area contributed by atoms with E-state index in [0.717, 1.165) is 0 Å². The first kappa shape index (κ1) is 22.2. The third kappa shape index (κ3) is 10.2. The molecule has 7 nitrogen and oxygen atoms in total. The summed E-state index contributed by atoms with van der Waals surface area (Å²) in [5.41, 5.74) is 0.713. The van der Waals surface area contributed by atoms with Crippen LogP contribution in [0.25, 0.3) is 0 Å². The molecule has 1 amide bonds. The number of carbonyl (C=O) groups is 1. The molecule has 1 unspecified atom stereocenters. The Balaban J connectivity index is 2.25. The molecule has 0 aliphatic carbocycles. The van der Waals surface area contributed by atoms with E-state index in [0.29, 0.717) is 42.5 Å². The molecule has 26 heavy (non-hydrogen) atoms. The standard InChI is InChI=1S/C17H27ClN4O3S/c1-13(10-12-26(3,24)25)21-17(19-2)20-11-4-5-16(23)22-15-8-6-14(18)7-9-15/h6-9,13H,4-5,10-12H2,1-3H3,(H,22,23)(H2,19,20,21). The second-order valence-corrected chi connectivity index (χ2v) is 8.82. The maximum absolute atomic E-state index is 11.9. The Morgan fingerprint density at radius 2 is 1.92 bits per heavy atom. The number of amides is 1. The Labute approximate surface area is 160 Å². The van der Waals surface area contributed by atoms with Gasteiger partial charge in [0.2, 0.25) is 5.91 Å². The van der Waals surface area contributed by atoms with Gasteiger partial charge >= 0.3 is 0 Å². The lowest BCUT2D eigenvalue weighted by Gasteiger charge is -2.17. The number of benzene rings is 1. The van der Waals surface area contributed by atoms with Crippen molar-refractivity contribution in [3.8, 4) is 0 Å². The van der Waals surface area contributed by atoms with Gasteiger partial charge in [-0.2, -0.15) is 0 Å². The molecule has 0 bridgehead atoms. The fraction of sp³-hybridized carbons (Fsp3) is 0.529. The van der Waals surface area contributed by atoms with E-state index >= 15 is 0 Å². The number of sulfone groups is 1. The van der Waals surface area contributed by atoms with Crippen molar-refractivity contribution in [2.75, 3.05) is 30.9 Å². The molecule has 0 radical (unpaired) electrons. The summed E-state index contributed by atoms with van der Waals surface area (Å²) in [6, 6.07) is 6.92. The fourth-order valence-corrected chi connectivity index (χ4v) is 3.01. The maximum atomic E-state index is 11.9. The number of guanidine groups is 1. The first-order valence-corrected chi connectivity index (χ1v) is 10.8. The van der Waals surface area contributed by atoms with Crippen molar-refractivity contribution in [3.63, 3.8) is 0 Å². The Morgan fingerprint density at radius 1 is 1.27 bits per heavy atom. The van der Waals surface area contributed by atoms with Crippen molar-refractivity contribution in [1.82, 2.24) is 10.6 Å². The highest BCUT2D eigenvalue weighted by Gasteiger charge is 2.09. The van der Waals surface area contributed by atoms with Crippen molar-refractivity contribution in [1.29, 1.82) is 0 Å². The molecule has 0 saturated carbocycles. The summed E-state index contributed by atoms with van der Waals surface area (Å²) in [5.74, 6) is 0.644. The molecule has 146 valence electrons. The smallest absolute Gasteiger partial charge is 0.224 e. The van der Waals surface area contributed by atoms with Crippen LogP contribution in [0.2, 0.25) is 5.02 Å². The van der Waals surface area contributed by atoms with Gasteiger partial charge in [0.25, 0.3) is 0 Å². The van der Waals surface area contributed by atoms with Crippen LogP contribution in [0.3, 0.4) is 0 Å². The number of halogens is 1. The van der Waals surface area contributed by atoms with Gasteiger partial charge in [-0.15, -0.1) is 0 Å². The van der Waals surface area contributed by atoms with Crippen LogP contribution >= 0.6 is 11.6 Å². The summed E-state index contributed by atoms with van der Waals surface area (Å²) in [6.07, 6.45) is 2.74. The lowest BCUT2D eigenvalue weighted by molar-refractivity contribution is -0.116.